The Balaban J connectivity index is 2.01. The minimum absolute atomic E-state index is 0.0427. The van der Waals surface area contributed by atoms with Crippen LogP contribution in [0.1, 0.15) is 13.3 Å². The Bertz CT molecular complexity index is 945. The van der Waals surface area contributed by atoms with Crippen LogP contribution in [0.25, 0.3) is 17.1 Å². The molecule has 3 rings (SSSR count). The second kappa shape index (κ2) is 9.62. The molecule has 0 radical (unpaired) electrons. The molecule has 29 heavy (non-hydrogen) atoms. The van der Waals surface area contributed by atoms with E-state index in [9.17, 15) is 8.78 Å². The van der Waals surface area contributed by atoms with Gasteiger partial charge >= 0.3 is 0 Å². The molecule has 0 bridgehead atoms. The molecule has 0 fully saturated rings. The largest absolute Gasteiger partial charge is 0.493 e. The fraction of sp³-hybridized carbons (Fsp3) is 0.316. The molecule has 0 aliphatic heterocycles. The number of hydrogen-bond donors (Lipinski definition) is 2. The second-order valence-corrected chi connectivity index (χ2v) is 6.44. The van der Waals surface area contributed by atoms with Crippen LogP contribution in [-0.4, -0.2) is 46.5 Å². The maximum Gasteiger partial charge on any atom is 0.253 e. The SMILES string of the molecule is CCNc1nc(-n2cccn2)nc(Cl)c1-c1c(F)cc(OCCCNC)cc1F. The van der Waals surface area contributed by atoms with E-state index in [-0.39, 0.29) is 33.8 Å². The molecule has 10 heteroatoms. The molecule has 2 aromatic heterocycles. The van der Waals surface area contributed by atoms with Crippen molar-refractivity contribution in [3.8, 4) is 22.8 Å². The van der Waals surface area contributed by atoms with Crippen molar-refractivity contribution >= 4 is 17.4 Å². The molecular weight excluding hydrogens is 402 g/mol. The smallest absolute Gasteiger partial charge is 0.253 e. The zero-order valence-corrected chi connectivity index (χ0v) is 16.8. The van der Waals surface area contributed by atoms with Gasteiger partial charge in [0.15, 0.2) is 0 Å². The predicted molar refractivity (Wildman–Crippen MR) is 108 cm³/mol. The molecule has 0 saturated heterocycles. The molecule has 0 aliphatic rings. The van der Waals surface area contributed by atoms with Crippen molar-refractivity contribution in [3.63, 3.8) is 0 Å². The summed E-state index contributed by atoms with van der Waals surface area (Å²) >= 11 is 6.32. The number of nitrogens with zero attached hydrogens (tertiary/aromatic N) is 4. The number of rotatable bonds is 9. The van der Waals surface area contributed by atoms with Crippen LogP contribution in [0.5, 0.6) is 5.75 Å². The quantitative estimate of drug-likeness (QED) is 0.404. The summed E-state index contributed by atoms with van der Waals surface area (Å²) in [4.78, 5) is 8.49. The van der Waals surface area contributed by atoms with Crippen LogP contribution in [0.15, 0.2) is 30.6 Å². The van der Waals surface area contributed by atoms with Gasteiger partial charge in [-0.2, -0.15) is 15.1 Å². The number of aromatic nitrogens is 4. The third-order valence-corrected chi connectivity index (χ3v) is 4.29. The molecule has 0 amide bonds. The molecular formula is C19H21ClF2N6O. The van der Waals surface area contributed by atoms with Gasteiger partial charge < -0.3 is 15.4 Å². The lowest BCUT2D eigenvalue weighted by molar-refractivity contribution is 0.306. The van der Waals surface area contributed by atoms with Crippen LogP contribution in [0.4, 0.5) is 14.6 Å². The van der Waals surface area contributed by atoms with E-state index in [1.807, 2.05) is 14.0 Å². The maximum atomic E-state index is 14.9. The molecule has 0 aliphatic carbocycles. The number of benzene rings is 1. The van der Waals surface area contributed by atoms with E-state index in [1.54, 1.807) is 18.5 Å². The average molecular weight is 423 g/mol. The van der Waals surface area contributed by atoms with Crippen molar-refractivity contribution in [2.75, 3.05) is 32.1 Å². The zero-order valence-electron chi connectivity index (χ0n) is 16.0. The van der Waals surface area contributed by atoms with Crippen molar-refractivity contribution in [1.82, 2.24) is 25.1 Å². The summed E-state index contributed by atoms with van der Waals surface area (Å²) in [5.74, 6) is -1.13. The van der Waals surface area contributed by atoms with Gasteiger partial charge in [0, 0.05) is 31.1 Å². The monoisotopic (exact) mass is 422 g/mol. The van der Waals surface area contributed by atoms with Gasteiger partial charge in [-0.1, -0.05) is 11.6 Å². The highest BCUT2D eigenvalue weighted by molar-refractivity contribution is 6.32. The van der Waals surface area contributed by atoms with Crippen LogP contribution >= 0.6 is 11.6 Å². The number of nitrogens with one attached hydrogen (secondary N) is 2. The van der Waals surface area contributed by atoms with Gasteiger partial charge in [0.1, 0.15) is 28.4 Å². The summed E-state index contributed by atoms with van der Waals surface area (Å²) in [6, 6.07) is 3.96. The van der Waals surface area contributed by atoms with E-state index < -0.39 is 11.6 Å². The Morgan fingerprint density at radius 2 is 1.93 bits per heavy atom. The zero-order chi connectivity index (χ0) is 20.8. The summed E-state index contributed by atoms with van der Waals surface area (Å²) in [5.41, 5.74) is -0.276. The molecule has 3 aromatic rings. The van der Waals surface area contributed by atoms with E-state index in [0.717, 1.165) is 18.7 Å². The minimum atomic E-state index is -0.815. The van der Waals surface area contributed by atoms with Gasteiger partial charge in [-0.25, -0.2) is 13.5 Å². The highest BCUT2D eigenvalue weighted by atomic mass is 35.5. The third-order valence-electron chi connectivity index (χ3n) is 4.01. The summed E-state index contributed by atoms with van der Waals surface area (Å²) in [5, 5.41) is 9.92. The third kappa shape index (κ3) is 4.80. The van der Waals surface area contributed by atoms with Crippen LogP contribution in [0.3, 0.4) is 0 Å². The summed E-state index contributed by atoms with van der Waals surface area (Å²) in [6.45, 7) is 3.38. The Kier molecular flexibility index (Phi) is 6.95. The first-order valence-corrected chi connectivity index (χ1v) is 9.51. The van der Waals surface area contributed by atoms with E-state index in [2.05, 4.69) is 25.7 Å². The van der Waals surface area contributed by atoms with E-state index in [4.69, 9.17) is 16.3 Å². The first-order chi connectivity index (χ1) is 14.0. The molecule has 2 N–H and O–H groups in total. The van der Waals surface area contributed by atoms with Gasteiger partial charge in [0.2, 0.25) is 0 Å². The van der Waals surface area contributed by atoms with Crippen LogP contribution in [0.2, 0.25) is 5.15 Å². The molecule has 0 spiro atoms. The van der Waals surface area contributed by atoms with Crippen LogP contribution in [0, 0.1) is 11.6 Å². The molecule has 1 aromatic carbocycles. The molecule has 0 saturated carbocycles. The normalized spacial score (nSPS) is 10.9. The Morgan fingerprint density at radius 3 is 2.55 bits per heavy atom. The average Bonchev–Trinajstić information content (AvgIpc) is 3.21. The Hall–Kier alpha value is -2.78. The first-order valence-electron chi connectivity index (χ1n) is 9.13. The Morgan fingerprint density at radius 1 is 1.17 bits per heavy atom. The number of halogens is 3. The van der Waals surface area contributed by atoms with Crippen LogP contribution < -0.4 is 15.4 Å². The first kappa shape index (κ1) is 20.9. The lowest BCUT2D eigenvalue weighted by Gasteiger charge is -2.15. The van der Waals surface area contributed by atoms with Gasteiger partial charge in [-0.3, -0.25) is 0 Å². The fourth-order valence-electron chi connectivity index (χ4n) is 2.74. The van der Waals surface area contributed by atoms with Crippen molar-refractivity contribution in [3.05, 3.63) is 47.4 Å². The number of anilines is 1. The molecule has 154 valence electrons. The van der Waals surface area contributed by atoms with Crippen molar-refractivity contribution in [2.45, 2.75) is 13.3 Å². The van der Waals surface area contributed by atoms with Gasteiger partial charge in [0.25, 0.3) is 5.95 Å². The lowest BCUT2D eigenvalue weighted by atomic mass is 10.1. The molecule has 0 unspecified atom stereocenters. The lowest BCUT2D eigenvalue weighted by Crippen LogP contribution is -2.12. The van der Waals surface area contributed by atoms with Gasteiger partial charge in [-0.15, -0.1) is 0 Å². The summed E-state index contributed by atoms with van der Waals surface area (Å²) in [7, 11) is 1.82. The predicted octanol–water partition coefficient (Wildman–Crippen LogP) is 3.68. The topological polar surface area (TPSA) is 76.9 Å². The van der Waals surface area contributed by atoms with Gasteiger partial charge in [-0.05, 0) is 33.0 Å². The second-order valence-electron chi connectivity index (χ2n) is 6.09. The standard InChI is InChI=1S/C19H21ClF2N6O/c1-3-24-18-16(17(20)26-19(27-18)28-8-4-7-25-28)15-13(21)10-12(11-14(15)22)29-9-5-6-23-2/h4,7-8,10-11,23H,3,5-6,9H2,1-2H3,(H,24,26,27). The molecule has 7 nitrogen and oxygen atoms in total. The van der Waals surface area contributed by atoms with E-state index in [0.29, 0.717) is 19.6 Å². The molecule has 2 heterocycles. The number of hydrogen-bond acceptors (Lipinski definition) is 6. The van der Waals surface area contributed by atoms with Gasteiger partial charge in [0.05, 0.1) is 17.7 Å². The van der Waals surface area contributed by atoms with Crippen molar-refractivity contribution in [2.24, 2.45) is 0 Å². The van der Waals surface area contributed by atoms with E-state index >= 15 is 0 Å². The maximum absolute atomic E-state index is 14.9. The summed E-state index contributed by atoms with van der Waals surface area (Å²) in [6.07, 6.45) is 3.91. The fourth-order valence-corrected chi connectivity index (χ4v) is 3.00. The highest BCUT2D eigenvalue weighted by Gasteiger charge is 2.23. The molecule has 0 atom stereocenters. The van der Waals surface area contributed by atoms with Crippen molar-refractivity contribution < 1.29 is 13.5 Å². The van der Waals surface area contributed by atoms with Crippen LogP contribution in [-0.2, 0) is 0 Å². The number of ether oxygens (including phenoxy) is 1. The Labute approximate surface area is 172 Å². The minimum Gasteiger partial charge on any atom is -0.493 e. The van der Waals surface area contributed by atoms with Crippen molar-refractivity contribution in [1.29, 1.82) is 0 Å². The highest BCUT2D eigenvalue weighted by Crippen LogP contribution is 2.38. The summed E-state index contributed by atoms with van der Waals surface area (Å²) < 4.78 is 36.5. The van der Waals surface area contributed by atoms with E-state index in [1.165, 1.54) is 4.68 Å².